The van der Waals surface area contributed by atoms with Gasteiger partial charge in [0.15, 0.2) is 0 Å². The number of hydrogen-bond donors (Lipinski definition) is 1. The Morgan fingerprint density at radius 1 is 1.46 bits per heavy atom. The Morgan fingerprint density at radius 2 is 2.31 bits per heavy atom. The van der Waals surface area contributed by atoms with Gasteiger partial charge in [-0.3, -0.25) is 4.98 Å². The second-order valence-electron chi connectivity index (χ2n) is 3.35. The lowest BCUT2D eigenvalue weighted by Gasteiger charge is -2.06. The van der Waals surface area contributed by atoms with Gasteiger partial charge in [-0.1, -0.05) is 0 Å². The highest BCUT2D eigenvalue weighted by molar-refractivity contribution is 7.99. The van der Waals surface area contributed by atoms with Crippen LogP contribution in [0, 0.1) is 5.92 Å². The summed E-state index contributed by atoms with van der Waals surface area (Å²) in [6.07, 6.45) is 5.04. The van der Waals surface area contributed by atoms with Crippen molar-refractivity contribution < 1.29 is 0 Å². The van der Waals surface area contributed by atoms with Gasteiger partial charge in [0.25, 0.3) is 0 Å². The van der Waals surface area contributed by atoms with Crippen LogP contribution in [0.25, 0.3) is 0 Å². The van der Waals surface area contributed by atoms with E-state index in [0.717, 1.165) is 5.92 Å². The van der Waals surface area contributed by atoms with Crippen molar-refractivity contribution >= 4 is 11.8 Å². The van der Waals surface area contributed by atoms with Crippen molar-refractivity contribution in [3.05, 3.63) is 24.5 Å². The van der Waals surface area contributed by atoms with E-state index in [2.05, 4.69) is 22.4 Å². The van der Waals surface area contributed by atoms with E-state index >= 15 is 0 Å². The summed E-state index contributed by atoms with van der Waals surface area (Å²) in [5, 5.41) is 3.38. The molecule has 1 N–H and O–H groups in total. The quantitative estimate of drug-likeness (QED) is 0.742. The van der Waals surface area contributed by atoms with Crippen molar-refractivity contribution in [2.45, 2.75) is 11.3 Å². The van der Waals surface area contributed by atoms with Crippen LogP contribution < -0.4 is 5.32 Å². The summed E-state index contributed by atoms with van der Waals surface area (Å²) in [5.74, 6) is 2.09. The zero-order valence-electron chi connectivity index (χ0n) is 7.57. The fourth-order valence-electron chi connectivity index (χ4n) is 1.51. The molecule has 0 saturated carbocycles. The number of hydrogen-bond acceptors (Lipinski definition) is 3. The molecule has 1 saturated heterocycles. The van der Waals surface area contributed by atoms with E-state index in [0.29, 0.717) is 0 Å². The van der Waals surface area contributed by atoms with Gasteiger partial charge in [0.05, 0.1) is 0 Å². The fourth-order valence-corrected chi connectivity index (χ4v) is 2.53. The Labute approximate surface area is 83.1 Å². The molecule has 1 fully saturated rings. The molecular weight excluding hydrogens is 180 g/mol. The molecule has 0 spiro atoms. The minimum atomic E-state index is 0.859. The maximum Gasteiger partial charge on any atom is 0.0278 e. The van der Waals surface area contributed by atoms with E-state index < -0.39 is 0 Å². The highest BCUT2D eigenvalue weighted by atomic mass is 32.2. The monoisotopic (exact) mass is 194 g/mol. The van der Waals surface area contributed by atoms with Crippen LogP contribution in [0.4, 0.5) is 0 Å². The lowest BCUT2D eigenvalue weighted by molar-refractivity contribution is 0.662. The van der Waals surface area contributed by atoms with Crippen LogP contribution in [0.1, 0.15) is 6.42 Å². The Bertz CT molecular complexity index is 244. The summed E-state index contributed by atoms with van der Waals surface area (Å²) in [6, 6.07) is 4.15. The van der Waals surface area contributed by atoms with Gasteiger partial charge in [-0.15, -0.1) is 11.8 Å². The summed E-state index contributed by atoms with van der Waals surface area (Å²) < 4.78 is 0. The van der Waals surface area contributed by atoms with Crippen molar-refractivity contribution in [1.82, 2.24) is 10.3 Å². The number of rotatable bonds is 3. The summed E-state index contributed by atoms with van der Waals surface area (Å²) in [4.78, 5) is 5.33. The molecule has 1 aromatic rings. The summed E-state index contributed by atoms with van der Waals surface area (Å²) >= 11 is 1.94. The minimum Gasteiger partial charge on any atom is -0.316 e. The van der Waals surface area contributed by atoms with Crippen LogP contribution in [0.5, 0.6) is 0 Å². The third kappa shape index (κ3) is 2.71. The molecule has 0 aromatic carbocycles. The Kier molecular flexibility index (Phi) is 3.22. The predicted octanol–water partition coefficient (Wildman–Crippen LogP) is 1.78. The molecule has 1 aliphatic heterocycles. The topological polar surface area (TPSA) is 24.9 Å². The molecule has 13 heavy (non-hydrogen) atoms. The van der Waals surface area contributed by atoms with Crippen LogP contribution in [0.15, 0.2) is 29.4 Å². The normalized spacial score (nSPS) is 22.0. The van der Waals surface area contributed by atoms with E-state index in [4.69, 9.17) is 0 Å². The number of thioether (sulfide) groups is 1. The molecule has 2 nitrogen and oxygen atoms in total. The number of pyridine rings is 1. The smallest absolute Gasteiger partial charge is 0.0278 e. The SMILES string of the molecule is c1cc(SC[C@@H]2CCNC2)ccn1. The van der Waals surface area contributed by atoms with Gasteiger partial charge < -0.3 is 5.32 Å². The van der Waals surface area contributed by atoms with E-state index in [1.54, 1.807) is 0 Å². The van der Waals surface area contributed by atoms with E-state index in [9.17, 15) is 0 Å². The number of nitrogens with one attached hydrogen (secondary N) is 1. The second kappa shape index (κ2) is 4.63. The molecule has 1 aliphatic rings. The Morgan fingerprint density at radius 3 is 3.00 bits per heavy atom. The third-order valence-electron chi connectivity index (χ3n) is 2.30. The lowest BCUT2D eigenvalue weighted by Crippen LogP contribution is -2.10. The maximum absolute atomic E-state index is 4.00. The van der Waals surface area contributed by atoms with Crippen LogP contribution in [0.2, 0.25) is 0 Å². The zero-order valence-corrected chi connectivity index (χ0v) is 8.39. The van der Waals surface area contributed by atoms with Crippen molar-refractivity contribution in [3.63, 3.8) is 0 Å². The maximum atomic E-state index is 4.00. The largest absolute Gasteiger partial charge is 0.316 e. The van der Waals surface area contributed by atoms with Gasteiger partial charge in [0, 0.05) is 23.0 Å². The first-order valence-electron chi connectivity index (χ1n) is 4.69. The fraction of sp³-hybridized carbons (Fsp3) is 0.500. The van der Waals surface area contributed by atoms with Gasteiger partial charge in [-0.25, -0.2) is 0 Å². The molecule has 0 bridgehead atoms. The van der Waals surface area contributed by atoms with Crippen molar-refractivity contribution in [3.8, 4) is 0 Å². The first-order chi connectivity index (χ1) is 6.45. The highest BCUT2D eigenvalue weighted by Gasteiger charge is 2.13. The molecule has 0 amide bonds. The summed E-state index contributed by atoms with van der Waals surface area (Å²) in [6.45, 7) is 2.39. The Hall–Kier alpha value is -0.540. The molecule has 0 unspecified atom stereocenters. The molecule has 0 radical (unpaired) electrons. The Balaban J connectivity index is 1.79. The van der Waals surface area contributed by atoms with Crippen LogP contribution in [0.3, 0.4) is 0 Å². The van der Waals surface area contributed by atoms with Crippen molar-refractivity contribution in [2.75, 3.05) is 18.8 Å². The van der Waals surface area contributed by atoms with Gasteiger partial charge >= 0.3 is 0 Å². The van der Waals surface area contributed by atoms with Gasteiger partial charge in [-0.2, -0.15) is 0 Å². The average molecular weight is 194 g/mol. The minimum absolute atomic E-state index is 0.859. The standard InChI is InChI=1S/C10H14N2S/c1-4-12-7-9(1)8-13-10-2-5-11-6-3-10/h2-3,5-6,9,12H,1,4,7-8H2/t9-/m1/s1. The van der Waals surface area contributed by atoms with Crippen molar-refractivity contribution in [1.29, 1.82) is 0 Å². The molecule has 2 rings (SSSR count). The van der Waals surface area contributed by atoms with E-state index in [1.807, 2.05) is 24.2 Å². The molecule has 0 aliphatic carbocycles. The predicted molar refractivity (Wildman–Crippen MR) is 55.9 cm³/mol. The summed E-state index contributed by atoms with van der Waals surface area (Å²) in [5.41, 5.74) is 0. The van der Waals surface area contributed by atoms with E-state index in [-0.39, 0.29) is 0 Å². The molecular formula is C10H14N2S. The molecule has 1 aromatic heterocycles. The van der Waals surface area contributed by atoms with Crippen LogP contribution in [-0.4, -0.2) is 23.8 Å². The van der Waals surface area contributed by atoms with E-state index in [1.165, 1.54) is 30.2 Å². The van der Waals surface area contributed by atoms with Gasteiger partial charge in [0.1, 0.15) is 0 Å². The summed E-state index contributed by atoms with van der Waals surface area (Å²) in [7, 11) is 0. The molecule has 70 valence electrons. The number of nitrogens with zero attached hydrogens (tertiary/aromatic N) is 1. The van der Waals surface area contributed by atoms with Crippen molar-refractivity contribution in [2.24, 2.45) is 5.92 Å². The molecule has 1 atom stereocenters. The van der Waals surface area contributed by atoms with Gasteiger partial charge in [0.2, 0.25) is 0 Å². The molecule has 3 heteroatoms. The second-order valence-corrected chi connectivity index (χ2v) is 4.45. The molecule has 2 heterocycles. The van der Waals surface area contributed by atoms with Crippen LogP contribution >= 0.6 is 11.8 Å². The average Bonchev–Trinajstić information content (AvgIpc) is 2.69. The third-order valence-corrected chi connectivity index (χ3v) is 3.54. The van der Waals surface area contributed by atoms with Crippen LogP contribution in [-0.2, 0) is 0 Å². The first-order valence-corrected chi connectivity index (χ1v) is 5.67. The lowest BCUT2D eigenvalue weighted by atomic mass is 10.2. The first kappa shape index (κ1) is 9.03. The van der Waals surface area contributed by atoms with Gasteiger partial charge in [-0.05, 0) is 37.6 Å². The highest BCUT2D eigenvalue weighted by Crippen LogP contribution is 2.22. The number of aromatic nitrogens is 1. The zero-order chi connectivity index (χ0) is 8.93.